The first kappa shape index (κ1) is 23.6. The maximum Gasteiger partial charge on any atom is 0.242 e. The molecule has 4 rings (SSSR count). The molecule has 1 saturated carbocycles. The summed E-state index contributed by atoms with van der Waals surface area (Å²) in [7, 11) is 0. The molecule has 0 spiro atoms. The van der Waals surface area contributed by atoms with Crippen LogP contribution in [0.2, 0.25) is 10.0 Å². The van der Waals surface area contributed by atoms with Gasteiger partial charge in [-0.2, -0.15) is 0 Å². The number of carbonyl (C=O) groups excluding carboxylic acids is 2. The SMILES string of the molecule is CCCN(CC(=O)N1CCc2sccc2C1c1ccc(Cl)cc1Cl)C(=O)C1CCCCC1. The van der Waals surface area contributed by atoms with Gasteiger partial charge in [0.2, 0.25) is 11.8 Å². The lowest BCUT2D eigenvalue weighted by Crippen LogP contribution is -2.48. The van der Waals surface area contributed by atoms with Crippen molar-refractivity contribution in [3.8, 4) is 0 Å². The highest BCUT2D eigenvalue weighted by Gasteiger charge is 2.35. The minimum Gasteiger partial charge on any atom is -0.333 e. The van der Waals surface area contributed by atoms with Gasteiger partial charge in [-0.25, -0.2) is 0 Å². The van der Waals surface area contributed by atoms with Crippen LogP contribution in [-0.4, -0.2) is 41.2 Å². The standard InChI is InChI=1S/C25H30Cl2N2O2S/c1-2-12-28(25(31)17-6-4-3-5-7-17)16-23(30)29-13-10-22-20(11-14-32-22)24(29)19-9-8-18(26)15-21(19)27/h8-9,11,14-15,17,24H,2-7,10,12-13,16H2,1H3. The number of fused-ring (bicyclic) bond motifs is 1. The molecule has 2 heterocycles. The molecule has 1 aliphatic heterocycles. The van der Waals surface area contributed by atoms with Crippen LogP contribution in [-0.2, 0) is 16.0 Å². The van der Waals surface area contributed by atoms with Crippen molar-refractivity contribution in [2.24, 2.45) is 5.92 Å². The molecule has 2 aliphatic rings. The van der Waals surface area contributed by atoms with Crippen LogP contribution in [0.3, 0.4) is 0 Å². The minimum atomic E-state index is -0.254. The molecule has 32 heavy (non-hydrogen) atoms. The van der Waals surface area contributed by atoms with E-state index >= 15 is 0 Å². The van der Waals surface area contributed by atoms with E-state index in [1.807, 2.05) is 17.0 Å². The first-order valence-electron chi connectivity index (χ1n) is 11.6. The Balaban J connectivity index is 1.59. The third-order valence-electron chi connectivity index (χ3n) is 6.63. The second-order valence-corrected chi connectivity index (χ2v) is 10.6. The Bertz CT molecular complexity index is 971. The maximum absolute atomic E-state index is 13.6. The Labute approximate surface area is 204 Å². The summed E-state index contributed by atoms with van der Waals surface area (Å²) >= 11 is 14.4. The summed E-state index contributed by atoms with van der Waals surface area (Å²) in [6.45, 7) is 3.42. The van der Waals surface area contributed by atoms with Crippen LogP contribution in [0, 0.1) is 5.92 Å². The van der Waals surface area contributed by atoms with Crippen molar-refractivity contribution in [1.82, 2.24) is 9.80 Å². The molecule has 1 aliphatic carbocycles. The van der Waals surface area contributed by atoms with Crippen LogP contribution in [0.25, 0.3) is 0 Å². The predicted molar refractivity (Wildman–Crippen MR) is 131 cm³/mol. The highest BCUT2D eigenvalue weighted by atomic mass is 35.5. The first-order chi connectivity index (χ1) is 15.5. The molecule has 1 aromatic heterocycles. The fourth-order valence-corrected chi connectivity index (χ4v) is 6.46. The number of hydrogen-bond donors (Lipinski definition) is 0. The molecule has 2 amide bonds. The fraction of sp³-hybridized carbons (Fsp3) is 0.520. The number of hydrogen-bond acceptors (Lipinski definition) is 3. The van der Waals surface area contributed by atoms with Gasteiger partial charge in [-0.15, -0.1) is 11.3 Å². The Morgan fingerprint density at radius 2 is 1.91 bits per heavy atom. The van der Waals surface area contributed by atoms with E-state index in [0.29, 0.717) is 23.1 Å². The quantitative estimate of drug-likeness (QED) is 0.471. The Morgan fingerprint density at radius 1 is 1.12 bits per heavy atom. The maximum atomic E-state index is 13.6. The third kappa shape index (κ3) is 5.00. The molecule has 0 N–H and O–H groups in total. The molecule has 0 radical (unpaired) electrons. The minimum absolute atomic E-state index is 0.0181. The van der Waals surface area contributed by atoms with Crippen LogP contribution < -0.4 is 0 Å². The van der Waals surface area contributed by atoms with E-state index in [-0.39, 0.29) is 30.3 Å². The number of benzene rings is 1. The smallest absolute Gasteiger partial charge is 0.242 e. The van der Waals surface area contributed by atoms with Crippen molar-refractivity contribution in [2.75, 3.05) is 19.6 Å². The van der Waals surface area contributed by atoms with Gasteiger partial charge < -0.3 is 9.80 Å². The van der Waals surface area contributed by atoms with Crippen molar-refractivity contribution < 1.29 is 9.59 Å². The van der Waals surface area contributed by atoms with E-state index in [1.54, 1.807) is 22.3 Å². The van der Waals surface area contributed by atoms with Crippen molar-refractivity contribution >= 4 is 46.4 Å². The topological polar surface area (TPSA) is 40.6 Å². The van der Waals surface area contributed by atoms with Crippen LogP contribution in [0.4, 0.5) is 0 Å². The summed E-state index contributed by atoms with van der Waals surface area (Å²) < 4.78 is 0. The molecule has 1 unspecified atom stereocenters. The second kappa shape index (κ2) is 10.6. The lowest BCUT2D eigenvalue weighted by Gasteiger charge is -2.38. The van der Waals surface area contributed by atoms with Gasteiger partial charge in [0.25, 0.3) is 0 Å². The number of amides is 2. The molecule has 2 aromatic rings. The normalized spacial score (nSPS) is 19.0. The fourth-order valence-electron chi connectivity index (χ4n) is 5.04. The molecule has 7 heteroatoms. The number of carbonyl (C=O) groups is 2. The van der Waals surface area contributed by atoms with Crippen LogP contribution in [0.5, 0.6) is 0 Å². The average molecular weight is 494 g/mol. The summed E-state index contributed by atoms with van der Waals surface area (Å²) in [5.74, 6) is 0.194. The zero-order valence-electron chi connectivity index (χ0n) is 18.5. The second-order valence-electron chi connectivity index (χ2n) is 8.80. The van der Waals surface area contributed by atoms with Gasteiger partial charge in [0.1, 0.15) is 0 Å². The number of halogens is 2. The van der Waals surface area contributed by atoms with Gasteiger partial charge in [-0.1, -0.05) is 55.5 Å². The number of rotatable bonds is 6. The van der Waals surface area contributed by atoms with Gasteiger partial charge in [0.15, 0.2) is 0 Å². The molecular formula is C25H30Cl2N2O2S. The molecule has 0 saturated heterocycles. The van der Waals surface area contributed by atoms with Crippen molar-refractivity contribution in [2.45, 2.75) is 57.9 Å². The van der Waals surface area contributed by atoms with E-state index in [2.05, 4.69) is 18.4 Å². The Morgan fingerprint density at radius 3 is 2.62 bits per heavy atom. The summed E-state index contributed by atoms with van der Waals surface area (Å²) in [6.07, 6.45) is 6.97. The lowest BCUT2D eigenvalue weighted by atomic mass is 9.88. The monoisotopic (exact) mass is 492 g/mol. The first-order valence-corrected chi connectivity index (χ1v) is 13.2. The van der Waals surface area contributed by atoms with Crippen LogP contribution in [0.15, 0.2) is 29.6 Å². The summed E-state index contributed by atoms with van der Waals surface area (Å²) in [6, 6.07) is 7.31. The number of thiophene rings is 1. The molecule has 4 nitrogen and oxygen atoms in total. The van der Waals surface area contributed by atoms with Gasteiger partial charge in [0, 0.05) is 33.9 Å². The molecule has 1 aromatic carbocycles. The van der Waals surface area contributed by atoms with Gasteiger partial charge in [-0.3, -0.25) is 9.59 Å². The zero-order valence-corrected chi connectivity index (χ0v) is 20.8. The Hall–Kier alpha value is -1.56. The van der Waals surface area contributed by atoms with Gasteiger partial charge >= 0.3 is 0 Å². The van der Waals surface area contributed by atoms with Gasteiger partial charge in [-0.05, 0) is 60.4 Å². The molecule has 1 atom stereocenters. The zero-order chi connectivity index (χ0) is 22.7. The van der Waals surface area contributed by atoms with Crippen LogP contribution in [0.1, 0.15) is 67.5 Å². The molecule has 172 valence electrons. The van der Waals surface area contributed by atoms with Crippen molar-refractivity contribution in [3.63, 3.8) is 0 Å². The number of nitrogens with zero attached hydrogens (tertiary/aromatic N) is 2. The van der Waals surface area contributed by atoms with Gasteiger partial charge in [0.05, 0.1) is 12.6 Å². The van der Waals surface area contributed by atoms with E-state index in [9.17, 15) is 9.59 Å². The predicted octanol–water partition coefficient (Wildman–Crippen LogP) is 6.35. The molecular weight excluding hydrogens is 463 g/mol. The lowest BCUT2D eigenvalue weighted by molar-refractivity contribution is -0.144. The summed E-state index contributed by atoms with van der Waals surface area (Å²) in [5.41, 5.74) is 2.00. The molecule has 0 bridgehead atoms. The summed E-state index contributed by atoms with van der Waals surface area (Å²) in [4.78, 5) is 31.8. The summed E-state index contributed by atoms with van der Waals surface area (Å²) in [5, 5.41) is 3.21. The Kier molecular flexibility index (Phi) is 7.80. The van der Waals surface area contributed by atoms with Crippen molar-refractivity contribution in [1.29, 1.82) is 0 Å². The molecule has 1 fully saturated rings. The largest absolute Gasteiger partial charge is 0.333 e. The van der Waals surface area contributed by atoms with Crippen LogP contribution >= 0.6 is 34.5 Å². The van der Waals surface area contributed by atoms with E-state index < -0.39 is 0 Å². The third-order valence-corrected chi connectivity index (χ3v) is 8.19. The van der Waals surface area contributed by atoms with E-state index in [0.717, 1.165) is 49.7 Å². The van der Waals surface area contributed by atoms with E-state index in [1.165, 1.54) is 11.3 Å². The van der Waals surface area contributed by atoms with Crippen molar-refractivity contribution in [3.05, 3.63) is 55.7 Å². The van der Waals surface area contributed by atoms with E-state index in [4.69, 9.17) is 23.2 Å². The average Bonchev–Trinajstić information content (AvgIpc) is 3.27. The highest BCUT2D eigenvalue weighted by Crippen LogP contribution is 2.41. The highest BCUT2D eigenvalue weighted by molar-refractivity contribution is 7.10.